The minimum absolute atomic E-state index is 0.00236. The Hall–Kier alpha value is -1.72. The second-order valence-electron chi connectivity index (χ2n) is 7.07. The highest BCUT2D eigenvalue weighted by atomic mass is 16.2. The highest BCUT2D eigenvalue weighted by Crippen LogP contribution is 2.34. The lowest BCUT2D eigenvalue weighted by Crippen LogP contribution is -2.63. The number of rotatable bonds is 4. The molecule has 1 aliphatic carbocycles. The Morgan fingerprint density at radius 2 is 2.04 bits per heavy atom. The molecular formula is C19H27N3O2. The highest BCUT2D eigenvalue weighted by Gasteiger charge is 2.40. The van der Waals surface area contributed by atoms with Gasteiger partial charge in [0.1, 0.15) is 0 Å². The van der Waals surface area contributed by atoms with E-state index in [9.17, 15) is 9.59 Å². The van der Waals surface area contributed by atoms with Crippen LogP contribution in [0.2, 0.25) is 0 Å². The van der Waals surface area contributed by atoms with Crippen molar-refractivity contribution in [2.24, 2.45) is 0 Å². The van der Waals surface area contributed by atoms with Crippen molar-refractivity contribution in [2.75, 3.05) is 31.5 Å². The summed E-state index contributed by atoms with van der Waals surface area (Å²) in [5, 5.41) is 6.46. The quantitative estimate of drug-likeness (QED) is 0.833. The summed E-state index contributed by atoms with van der Waals surface area (Å²) in [6, 6.07) is 7.15. The maximum atomic E-state index is 12.5. The molecule has 0 radical (unpaired) electrons. The molecule has 5 heteroatoms. The third kappa shape index (κ3) is 3.84. The number of ketones is 1. The van der Waals surface area contributed by atoms with Gasteiger partial charge in [-0.15, -0.1) is 0 Å². The Labute approximate surface area is 143 Å². The fraction of sp³-hybridized carbons (Fsp3) is 0.579. The predicted octanol–water partition coefficient (Wildman–Crippen LogP) is 2.44. The van der Waals surface area contributed by atoms with Crippen LogP contribution in [0.15, 0.2) is 24.3 Å². The smallest absolute Gasteiger partial charge is 0.238 e. The second kappa shape index (κ2) is 7.45. The van der Waals surface area contributed by atoms with Gasteiger partial charge in [-0.05, 0) is 31.9 Å². The van der Waals surface area contributed by atoms with Crippen molar-refractivity contribution in [2.45, 2.75) is 44.6 Å². The van der Waals surface area contributed by atoms with Crippen LogP contribution in [-0.2, 0) is 4.79 Å². The minimum atomic E-state index is 0.00236. The highest BCUT2D eigenvalue weighted by molar-refractivity contribution is 5.97. The largest absolute Gasteiger partial charge is 0.325 e. The molecule has 0 unspecified atom stereocenters. The van der Waals surface area contributed by atoms with Crippen molar-refractivity contribution in [3.63, 3.8) is 0 Å². The van der Waals surface area contributed by atoms with Gasteiger partial charge in [-0.25, -0.2) is 0 Å². The van der Waals surface area contributed by atoms with Gasteiger partial charge in [0, 0.05) is 36.4 Å². The van der Waals surface area contributed by atoms with Gasteiger partial charge in [0.15, 0.2) is 5.78 Å². The zero-order valence-electron chi connectivity index (χ0n) is 14.4. The first-order chi connectivity index (χ1) is 11.6. The SMILES string of the molecule is CC(=O)c1cccc(NC(=O)CN2CCNCC23CCCCC3)c1. The molecule has 3 rings (SSSR count). The van der Waals surface area contributed by atoms with E-state index < -0.39 is 0 Å². The molecule has 0 atom stereocenters. The zero-order valence-corrected chi connectivity index (χ0v) is 14.4. The van der Waals surface area contributed by atoms with Gasteiger partial charge >= 0.3 is 0 Å². The van der Waals surface area contributed by atoms with E-state index in [0.29, 0.717) is 17.8 Å². The number of carbonyl (C=O) groups excluding carboxylic acids is 2. The van der Waals surface area contributed by atoms with Crippen LogP contribution in [0.4, 0.5) is 5.69 Å². The molecular weight excluding hydrogens is 302 g/mol. The van der Waals surface area contributed by atoms with E-state index in [1.165, 1.54) is 39.0 Å². The lowest BCUT2D eigenvalue weighted by molar-refractivity contribution is -0.120. The molecule has 1 aliphatic heterocycles. The van der Waals surface area contributed by atoms with E-state index in [4.69, 9.17) is 0 Å². The van der Waals surface area contributed by atoms with Gasteiger partial charge in [0.2, 0.25) is 5.91 Å². The van der Waals surface area contributed by atoms with E-state index >= 15 is 0 Å². The van der Waals surface area contributed by atoms with Crippen molar-refractivity contribution in [1.82, 2.24) is 10.2 Å². The maximum Gasteiger partial charge on any atom is 0.238 e. The van der Waals surface area contributed by atoms with E-state index in [0.717, 1.165) is 19.6 Å². The van der Waals surface area contributed by atoms with Crippen molar-refractivity contribution >= 4 is 17.4 Å². The molecule has 1 aromatic carbocycles. The summed E-state index contributed by atoms with van der Waals surface area (Å²) in [7, 11) is 0. The number of benzene rings is 1. The number of carbonyl (C=O) groups is 2. The molecule has 1 spiro atoms. The van der Waals surface area contributed by atoms with E-state index in [2.05, 4.69) is 15.5 Å². The number of anilines is 1. The number of Topliss-reactive ketones (excluding diaryl/α,β-unsaturated/α-hetero) is 1. The van der Waals surface area contributed by atoms with Crippen LogP contribution in [0.3, 0.4) is 0 Å². The van der Waals surface area contributed by atoms with Crippen LogP contribution in [0, 0.1) is 0 Å². The molecule has 5 nitrogen and oxygen atoms in total. The summed E-state index contributed by atoms with van der Waals surface area (Å²) in [5.41, 5.74) is 1.47. The summed E-state index contributed by atoms with van der Waals surface area (Å²) in [6.45, 7) is 4.80. The molecule has 24 heavy (non-hydrogen) atoms. The molecule has 2 fully saturated rings. The average Bonchev–Trinajstić information content (AvgIpc) is 2.58. The lowest BCUT2D eigenvalue weighted by atomic mass is 9.79. The first kappa shape index (κ1) is 17.1. The number of nitrogens with zero attached hydrogens (tertiary/aromatic N) is 1. The first-order valence-corrected chi connectivity index (χ1v) is 8.96. The Bertz CT molecular complexity index is 600. The van der Waals surface area contributed by atoms with Crippen LogP contribution >= 0.6 is 0 Å². The number of hydrogen-bond acceptors (Lipinski definition) is 4. The summed E-state index contributed by atoms with van der Waals surface area (Å²) < 4.78 is 0. The molecule has 0 bridgehead atoms. The third-order valence-corrected chi connectivity index (χ3v) is 5.35. The molecule has 1 aromatic rings. The summed E-state index contributed by atoms with van der Waals surface area (Å²) in [4.78, 5) is 26.4. The molecule has 1 heterocycles. The van der Waals surface area contributed by atoms with Crippen LogP contribution in [-0.4, -0.2) is 48.3 Å². The fourth-order valence-corrected chi connectivity index (χ4v) is 4.02. The summed E-state index contributed by atoms with van der Waals surface area (Å²) >= 11 is 0. The summed E-state index contributed by atoms with van der Waals surface area (Å²) in [5.74, 6) is 0.0110. The summed E-state index contributed by atoms with van der Waals surface area (Å²) in [6.07, 6.45) is 6.15. The lowest BCUT2D eigenvalue weighted by Gasteiger charge is -2.49. The van der Waals surface area contributed by atoms with Gasteiger partial charge in [0.05, 0.1) is 6.54 Å². The van der Waals surface area contributed by atoms with E-state index in [1.807, 2.05) is 6.07 Å². The maximum absolute atomic E-state index is 12.5. The van der Waals surface area contributed by atoms with Gasteiger partial charge in [-0.2, -0.15) is 0 Å². The number of nitrogens with one attached hydrogen (secondary N) is 2. The zero-order chi connectivity index (χ0) is 17.0. The molecule has 0 aromatic heterocycles. The molecule has 130 valence electrons. The topological polar surface area (TPSA) is 61.4 Å². The van der Waals surface area contributed by atoms with Crippen LogP contribution in [0.5, 0.6) is 0 Å². The van der Waals surface area contributed by atoms with Gasteiger partial charge in [-0.1, -0.05) is 31.4 Å². The molecule has 1 saturated carbocycles. The second-order valence-corrected chi connectivity index (χ2v) is 7.07. The molecule has 2 aliphatic rings. The normalized spacial score (nSPS) is 20.7. The van der Waals surface area contributed by atoms with Crippen LogP contribution in [0.1, 0.15) is 49.4 Å². The van der Waals surface area contributed by atoms with Crippen molar-refractivity contribution in [1.29, 1.82) is 0 Å². The Balaban J connectivity index is 1.65. The Morgan fingerprint density at radius 1 is 1.25 bits per heavy atom. The number of hydrogen-bond donors (Lipinski definition) is 2. The first-order valence-electron chi connectivity index (χ1n) is 8.96. The molecule has 2 N–H and O–H groups in total. The van der Waals surface area contributed by atoms with Crippen molar-refractivity contribution < 1.29 is 9.59 Å². The fourth-order valence-electron chi connectivity index (χ4n) is 4.02. The monoisotopic (exact) mass is 329 g/mol. The molecule has 1 saturated heterocycles. The average molecular weight is 329 g/mol. The minimum Gasteiger partial charge on any atom is -0.325 e. The van der Waals surface area contributed by atoms with Crippen molar-refractivity contribution in [3.05, 3.63) is 29.8 Å². The standard InChI is InChI=1S/C19H27N3O2/c1-15(23)16-6-5-7-17(12-16)21-18(24)13-22-11-10-20-14-19(22)8-3-2-4-9-19/h5-7,12,20H,2-4,8-11,13-14H2,1H3,(H,21,24). The number of amides is 1. The molecule has 1 amide bonds. The van der Waals surface area contributed by atoms with Crippen molar-refractivity contribution in [3.8, 4) is 0 Å². The predicted molar refractivity (Wildman–Crippen MR) is 95.3 cm³/mol. The third-order valence-electron chi connectivity index (χ3n) is 5.35. The van der Waals surface area contributed by atoms with E-state index in [1.54, 1.807) is 18.2 Å². The van der Waals surface area contributed by atoms with Gasteiger partial charge in [0.25, 0.3) is 0 Å². The Morgan fingerprint density at radius 3 is 2.79 bits per heavy atom. The van der Waals surface area contributed by atoms with Crippen LogP contribution in [0.25, 0.3) is 0 Å². The number of piperazine rings is 1. The van der Waals surface area contributed by atoms with Gasteiger partial charge in [-0.3, -0.25) is 14.5 Å². The van der Waals surface area contributed by atoms with E-state index in [-0.39, 0.29) is 17.2 Å². The van der Waals surface area contributed by atoms with Crippen LogP contribution < -0.4 is 10.6 Å². The Kier molecular flexibility index (Phi) is 5.31. The van der Waals surface area contributed by atoms with Gasteiger partial charge < -0.3 is 10.6 Å².